The summed E-state index contributed by atoms with van der Waals surface area (Å²) in [4.78, 5) is 37.8. The number of rotatable bonds is 41. The Kier molecular flexibility index (Phi) is 45.1. The van der Waals surface area contributed by atoms with E-state index in [0.29, 0.717) is 25.7 Å². The predicted octanol–water partition coefficient (Wildman–Crippen LogP) is 15.7. The number of unbranched alkanes of at least 4 members (excludes halogenated alkanes) is 18. The second kappa shape index (κ2) is 48.5. The topological polar surface area (TPSA) is 78.9 Å². The molecule has 0 fully saturated rings. The van der Waals surface area contributed by atoms with Crippen LogP contribution in [0.2, 0.25) is 0 Å². The van der Waals surface area contributed by atoms with E-state index in [9.17, 15) is 14.4 Å². The highest BCUT2D eigenvalue weighted by Gasteiger charge is 2.19. The molecule has 0 aromatic rings. The van der Waals surface area contributed by atoms with E-state index in [0.717, 1.165) is 38.5 Å². The molecule has 0 aliphatic rings. The van der Waals surface area contributed by atoms with Crippen LogP contribution in [-0.4, -0.2) is 37.2 Å². The fourth-order valence-corrected chi connectivity index (χ4v) is 6.15. The molecule has 1 unspecified atom stereocenters. The third kappa shape index (κ3) is 46.7. The summed E-state index contributed by atoms with van der Waals surface area (Å²) in [6.45, 7) is 6.20. The van der Waals surface area contributed by atoms with Crippen LogP contribution in [0.25, 0.3) is 0 Å². The molecule has 0 aliphatic heterocycles. The second-order valence-corrected chi connectivity index (χ2v) is 15.5. The average molecular weight is 843 g/mol. The largest absolute Gasteiger partial charge is 0.462 e. The van der Waals surface area contributed by atoms with Crippen LogP contribution < -0.4 is 0 Å². The highest BCUT2D eigenvalue weighted by Crippen LogP contribution is 2.15. The third-order valence-electron chi connectivity index (χ3n) is 9.72. The molecule has 0 saturated carbocycles. The highest BCUT2D eigenvalue weighted by molar-refractivity contribution is 5.71. The molecular weight excluding hydrogens is 757 g/mol. The Hall–Kier alpha value is -4.19. The van der Waals surface area contributed by atoms with E-state index < -0.39 is 12.1 Å². The van der Waals surface area contributed by atoms with Gasteiger partial charge in [0.2, 0.25) is 0 Å². The van der Waals surface area contributed by atoms with Gasteiger partial charge in [-0.3, -0.25) is 14.4 Å². The first-order chi connectivity index (χ1) is 30.0. The molecule has 0 aromatic carbocycles. The highest BCUT2D eigenvalue weighted by atomic mass is 16.6. The van der Waals surface area contributed by atoms with Crippen molar-refractivity contribution in [2.45, 2.75) is 194 Å². The molecule has 0 rings (SSSR count). The van der Waals surface area contributed by atoms with Crippen LogP contribution in [0, 0.1) is 0 Å². The lowest BCUT2D eigenvalue weighted by Crippen LogP contribution is -2.30. The smallest absolute Gasteiger partial charge is 0.306 e. The zero-order valence-electron chi connectivity index (χ0n) is 38.9. The summed E-state index contributed by atoms with van der Waals surface area (Å²) in [5.74, 6) is -1.09. The quantitative estimate of drug-likeness (QED) is 0.0264. The van der Waals surface area contributed by atoms with Crippen molar-refractivity contribution in [3.05, 3.63) is 122 Å². The van der Waals surface area contributed by atoms with Gasteiger partial charge in [-0.2, -0.15) is 0 Å². The summed E-state index contributed by atoms with van der Waals surface area (Å²) in [6.07, 6.45) is 66.3. The zero-order valence-corrected chi connectivity index (χ0v) is 38.9. The van der Waals surface area contributed by atoms with Gasteiger partial charge >= 0.3 is 17.9 Å². The van der Waals surface area contributed by atoms with Gasteiger partial charge in [0.15, 0.2) is 6.10 Å². The molecule has 6 nitrogen and oxygen atoms in total. The van der Waals surface area contributed by atoms with Gasteiger partial charge in [-0.05, 0) is 44.9 Å². The summed E-state index contributed by atoms with van der Waals surface area (Å²) < 4.78 is 16.6. The molecule has 0 bridgehead atoms. The Morgan fingerprint density at radius 3 is 1.00 bits per heavy atom. The fraction of sp³-hybridized carbons (Fsp3) is 0.582. The normalized spacial score (nSPS) is 13.2. The molecule has 0 saturated heterocycles. The molecule has 0 heterocycles. The van der Waals surface area contributed by atoms with Crippen LogP contribution in [0.4, 0.5) is 0 Å². The van der Waals surface area contributed by atoms with Crippen LogP contribution in [0.5, 0.6) is 0 Å². The third-order valence-corrected chi connectivity index (χ3v) is 9.72. The van der Waals surface area contributed by atoms with E-state index in [1.54, 1.807) is 0 Å². The maximum atomic E-state index is 12.7. The van der Waals surface area contributed by atoms with Crippen molar-refractivity contribution >= 4 is 17.9 Å². The Labute approximate surface area is 373 Å². The zero-order chi connectivity index (χ0) is 44.4. The first-order valence-electron chi connectivity index (χ1n) is 24.2. The maximum Gasteiger partial charge on any atom is 0.306 e. The van der Waals surface area contributed by atoms with E-state index in [-0.39, 0.29) is 38.0 Å². The minimum Gasteiger partial charge on any atom is -0.462 e. The van der Waals surface area contributed by atoms with Gasteiger partial charge in [0.05, 0.1) is 0 Å². The molecule has 0 radical (unpaired) electrons. The van der Waals surface area contributed by atoms with E-state index in [4.69, 9.17) is 14.2 Å². The number of hydrogen-bond acceptors (Lipinski definition) is 6. The molecule has 0 aliphatic carbocycles. The SMILES string of the molecule is CC/C=C/C=C/C=C/C=C/C=C/CCCC(=O)OCC(COC(=O)CCCCCCCCCCCCCCCCCCC)OC(=O)CCC/C=C/C=C/C=C/C=C/C=C/CC. The van der Waals surface area contributed by atoms with Gasteiger partial charge in [0.25, 0.3) is 0 Å². The van der Waals surface area contributed by atoms with Gasteiger partial charge < -0.3 is 14.2 Å². The molecule has 0 spiro atoms. The Morgan fingerprint density at radius 1 is 0.344 bits per heavy atom. The Morgan fingerprint density at radius 2 is 0.639 bits per heavy atom. The first-order valence-corrected chi connectivity index (χ1v) is 24.2. The van der Waals surface area contributed by atoms with Crippen molar-refractivity contribution in [1.29, 1.82) is 0 Å². The first kappa shape index (κ1) is 56.8. The van der Waals surface area contributed by atoms with Crippen LogP contribution in [0.1, 0.15) is 188 Å². The second-order valence-electron chi connectivity index (χ2n) is 15.5. The van der Waals surface area contributed by atoms with E-state index in [1.165, 1.54) is 89.9 Å². The van der Waals surface area contributed by atoms with Gasteiger partial charge in [0.1, 0.15) is 13.2 Å². The Balaban J connectivity index is 4.56. The minimum absolute atomic E-state index is 0.131. The van der Waals surface area contributed by atoms with Crippen molar-refractivity contribution in [3.8, 4) is 0 Å². The molecule has 6 heteroatoms. The van der Waals surface area contributed by atoms with Crippen molar-refractivity contribution in [2.75, 3.05) is 13.2 Å². The summed E-state index contributed by atoms with van der Waals surface area (Å²) in [7, 11) is 0. The van der Waals surface area contributed by atoms with Gasteiger partial charge in [-0.1, -0.05) is 245 Å². The van der Waals surface area contributed by atoms with Gasteiger partial charge in [-0.25, -0.2) is 0 Å². The number of carbonyl (C=O) groups is 3. The number of ether oxygens (including phenoxy) is 3. The fourth-order valence-electron chi connectivity index (χ4n) is 6.15. The molecule has 61 heavy (non-hydrogen) atoms. The maximum absolute atomic E-state index is 12.7. The van der Waals surface area contributed by atoms with Crippen LogP contribution in [0.3, 0.4) is 0 Å². The van der Waals surface area contributed by atoms with Crippen molar-refractivity contribution < 1.29 is 28.6 Å². The van der Waals surface area contributed by atoms with Crippen molar-refractivity contribution in [3.63, 3.8) is 0 Å². The van der Waals surface area contributed by atoms with Gasteiger partial charge in [0, 0.05) is 19.3 Å². The molecule has 342 valence electrons. The van der Waals surface area contributed by atoms with E-state index in [1.807, 2.05) is 109 Å². The lowest BCUT2D eigenvalue weighted by molar-refractivity contribution is -0.167. The van der Waals surface area contributed by atoms with Crippen LogP contribution >= 0.6 is 0 Å². The summed E-state index contributed by atoms with van der Waals surface area (Å²) in [5, 5.41) is 0. The molecule has 0 amide bonds. The van der Waals surface area contributed by atoms with E-state index in [2.05, 4.69) is 32.9 Å². The monoisotopic (exact) mass is 843 g/mol. The van der Waals surface area contributed by atoms with Crippen LogP contribution in [-0.2, 0) is 28.6 Å². The number of carbonyl (C=O) groups excluding carboxylic acids is 3. The van der Waals surface area contributed by atoms with E-state index >= 15 is 0 Å². The summed E-state index contributed by atoms with van der Waals surface area (Å²) in [5.41, 5.74) is 0. The average Bonchev–Trinajstić information content (AvgIpc) is 3.26. The van der Waals surface area contributed by atoms with Gasteiger partial charge in [-0.15, -0.1) is 0 Å². The van der Waals surface area contributed by atoms with Crippen molar-refractivity contribution in [2.24, 2.45) is 0 Å². The minimum atomic E-state index is -0.844. The van der Waals surface area contributed by atoms with Crippen LogP contribution in [0.15, 0.2) is 122 Å². The van der Waals surface area contributed by atoms with Crippen molar-refractivity contribution in [1.82, 2.24) is 0 Å². The lowest BCUT2D eigenvalue weighted by atomic mass is 10.0. The molecule has 0 aromatic heterocycles. The predicted molar refractivity (Wildman–Crippen MR) is 260 cm³/mol. The number of hydrogen-bond donors (Lipinski definition) is 0. The number of allylic oxidation sites excluding steroid dienone is 20. The molecule has 0 N–H and O–H groups in total. The molecule has 1 atom stereocenters. The summed E-state index contributed by atoms with van der Waals surface area (Å²) >= 11 is 0. The Bertz CT molecular complexity index is 1340. The summed E-state index contributed by atoms with van der Waals surface area (Å²) in [6, 6.07) is 0. The lowest BCUT2D eigenvalue weighted by Gasteiger charge is -2.18. The molecular formula is C55H86O6. The standard InChI is InChI=1S/C55H86O6/c1-4-7-10-13-16-19-22-25-26-27-28-31-33-36-39-42-45-48-54(57)60-51-52(61-55(58)49-46-43-40-37-34-30-24-21-18-15-12-9-6-3)50-59-53(56)47-44-41-38-35-32-29-23-20-17-14-11-8-5-2/h8-9,11-12,14-15,17-18,20-21,23-24,29-30,32,34-35,37-38,40,52H,4-7,10,13,16,19,22,25-28,31,33,36,39,41-51H2,1-3H3/b11-8+,12-9+,17-14+,18-15+,23-20+,24-21+,32-29+,34-30+,38-35+,40-37+. The number of esters is 3.